The Morgan fingerprint density at radius 3 is 2.59 bits per heavy atom. The van der Waals surface area contributed by atoms with Gasteiger partial charge in [-0.2, -0.15) is 8.78 Å². The zero-order chi connectivity index (χ0) is 16.3. The highest BCUT2D eigenvalue weighted by molar-refractivity contribution is 5.29. The standard InChI is InChI=1S/C13H13F2N3O4/c1-8-16-6-12(18(20)21)17(8)7-11(19)9-2-4-10(5-3-9)22-13(14)15/h2-6,11,13,19H,7H2,1H3. The summed E-state index contributed by atoms with van der Waals surface area (Å²) in [7, 11) is 0. The van der Waals surface area contributed by atoms with E-state index in [9.17, 15) is 24.0 Å². The Morgan fingerprint density at radius 2 is 2.05 bits per heavy atom. The summed E-state index contributed by atoms with van der Waals surface area (Å²) in [5, 5.41) is 21.0. The summed E-state index contributed by atoms with van der Waals surface area (Å²) >= 11 is 0. The molecule has 22 heavy (non-hydrogen) atoms. The van der Waals surface area contributed by atoms with Crippen LogP contribution >= 0.6 is 0 Å². The van der Waals surface area contributed by atoms with Gasteiger partial charge in [0.2, 0.25) is 0 Å². The summed E-state index contributed by atoms with van der Waals surface area (Å²) in [6, 6.07) is 5.42. The van der Waals surface area contributed by atoms with E-state index in [1.807, 2.05) is 0 Å². The van der Waals surface area contributed by atoms with Gasteiger partial charge in [0.05, 0.1) is 0 Å². The fraction of sp³-hybridized carbons (Fsp3) is 0.308. The van der Waals surface area contributed by atoms with Crippen LogP contribution in [0.15, 0.2) is 30.5 Å². The number of nitro groups is 1. The number of nitrogens with zero attached hydrogens (tertiary/aromatic N) is 3. The third kappa shape index (κ3) is 3.55. The Morgan fingerprint density at radius 1 is 1.41 bits per heavy atom. The van der Waals surface area contributed by atoms with Crippen LogP contribution in [0.2, 0.25) is 0 Å². The van der Waals surface area contributed by atoms with Crippen molar-refractivity contribution in [2.75, 3.05) is 0 Å². The van der Waals surface area contributed by atoms with E-state index in [1.54, 1.807) is 6.92 Å². The van der Waals surface area contributed by atoms with E-state index >= 15 is 0 Å². The number of aromatic nitrogens is 2. The van der Waals surface area contributed by atoms with Gasteiger partial charge in [0.25, 0.3) is 0 Å². The third-order valence-electron chi connectivity index (χ3n) is 3.07. The van der Waals surface area contributed by atoms with Gasteiger partial charge in [0.15, 0.2) is 5.82 Å². The van der Waals surface area contributed by atoms with Crippen LogP contribution in [0.5, 0.6) is 5.75 Å². The molecule has 0 aliphatic carbocycles. The molecule has 0 saturated heterocycles. The first-order valence-electron chi connectivity index (χ1n) is 6.28. The van der Waals surface area contributed by atoms with E-state index in [4.69, 9.17) is 0 Å². The summed E-state index contributed by atoms with van der Waals surface area (Å²) in [4.78, 5) is 14.1. The van der Waals surface area contributed by atoms with Crippen molar-refractivity contribution in [3.05, 3.63) is 52.0 Å². The minimum absolute atomic E-state index is 0.0317. The number of hydrogen-bond donors (Lipinski definition) is 1. The maximum absolute atomic E-state index is 12.1. The minimum Gasteiger partial charge on any atom is -0.435 e. The Balaban J connectivity index is 2.14. The second-order valence-corrected chi connectivity index (χ2v) is 4.49. The maximum atomic E-state index is 12.1. The number of aryl methyl sites for hydroxylation is 1. The largest absolute Gasteiger partial charge is 0.435 e. The lowest BCUT2D eigenvalue weighted by Gasteiger charge is -2.11. The molecule has 2 rings (SSSR count). The summed E-state index contributed by atoms with van der Waals surface area (Å²) in [5.74, 6) is 0.133. The first-order chi connectivity index (χ1) is 10.4. The van der Waals surface area contributed by atoms with Crippen molar-refractivity contribution in [3.8, 4) is 5.75 Å². The van der Waals surface area contributed by atoms with Gasteiger partial charge in [-0.15, -0.1) is 0 Å². The van der Waals surface area contributed by atoms with Crippen LogP contribution in [0.4, 0.5) is 14.6 Å². The van der Waals surface area contributed by atoms with Gasteiger partial charge in [-0.25, -0.2) is 9.55 Å². The lowest BCUT2D eigenvalue weighted by molar-refractivity contribution is -0.392. The molecule has 0 bridgehead atoms. The molecule has 0 radical (unpaired) electrons. The highest BCUT2D eigenvalue weighted by Crippen LogP contribution is 2.23. The molecule has 0 fully saturated rings. The average molecular weight is 313 g/mol. The van der Waals surface area contributed by atoms with E-state index in [0.29, 0.717) is 11.4 Å². The van der Waals surface area contributed by atoms with Crippen LogP contribution in [0.3, 0.4) is 0 Å². The molecule has 2 aromatic rings. The van der Waals surface area contributed by atoms with Crippen molar-refractivity contribution in [3.63, 3.8) is 0 Å². The van der Waals surface area contributed by atoms with E-state index in [1.165, 1.54) is 28.8 Å². The highest BCUT2D eigenvalue weighted by Gasteiger charge is 2.21. The number of benzene rings is 1. The first kappa shape index (κ1) is 15.8. The number of imidazole rings is 1. The molecule has 0 aliphatic rings. The Kier molecular flexibility index (Phi) is 4.66. The molecule has 1 aromatic carbocycles. The second-order valence-electron chi connectivity index (χ2n) is 4.49. The van der Waals surface area contributed by atoms with Crippen molar-refractivity contribution < 1.29 is 23.5 Å². The van der Waals surface area contributed by atoms with Gasteiger partial charge in [-0.1, -0.05) is 12.1 Å². The highest BCUT2D eigenvalue weighted by atomic mass is 19.3. The normalized spacial score (nSPS) is 12.4. The quantitative estimate of drug-likeness (QED) is 0.653. The Labute approximate surface area is 123 Å². The average Bonchev–Trinajstić information content (AvgIpc) is 2.80. The summed E-state index contributed by atoms with van der Waals surface area (Å²) in [6.45, 7) is -1.41. The predicted octanol–water partition coefficient (Wildman–Crippen LogP) is 2.43. The molecule has 0 aliphatic heterocycles. The molecular weight excluding hydrogens is 300 g/mol. The molecule has 1 aromatic heterocycles. The van der Waals surface area contributed by atoms with E-state index in [-0.39, 0.29) is 18.1 Å². The Bertz CT molecular complexity index is 658. The number of aliphatic hydroxyl groups excluding tert-OH is 1. The van der Waals surface area contributed by atoms with Crippen molar-refractivity contribution in [2.45, 2.75) is 26.2 Å². The molecule has 1 N–H and O–H groups in total. The molecular formula is C13H13F2N3O4. The lowest BCUT2D eigenvalue weighted by atomic mass is 10.1. The van der Waals surface area contributed by atoms with E-state index < -0.39 is 17.6 Å². The third-order valence-corrected chi connectivity index (χ3v) is 3.07. The summed E-state index contributed by atoms with van der Waals surface area (Å²) in [5.41, 5.74) is 0.420. The topological polar surface area (TPSA) is 90.4 Å². The number of alkyl halides is 2. The van der Waals surface area contributed by atoms with Gasteiger partial charge in [-0.05, 0) is 22.6 Å². The minimum atomic E-state index is -2.92. The molecule has 1 unspecified atom stereocenters. The molecule has 0 spiro atoms. The fourth-order valence-corrected chi connectivity index (χ4v) is 1.98. The van der Waals surface area contributed by atoms with Gasteiger partial charge in [0.1, 0.15) is 24.6 Å². The zero-order valence-electron chi connectivity index (χ0n) is 11.5. The SMILES string of the molecule is Cc1ncc([N+](=O)[O-])n1CC(O)c1ccc(OC(F)F)cc1. The second kappa shape index (κ2) is 6.48. The van der Waals surface area contributed by atoms with Crippen molar-refractivity contribution in [1.29, 1.82) is 0 Å². The van der Waals surface area contributed by atoms with Gasteiger partial charge >= 0.3 is 12.4 Å². The number of ether oxygens (including phenoxy) is 1. The first-order valence-corrected chi connectivity index (χ1v) is 6.28. The molecule has 0 saturated carbocycles. The molecule has 1 atom stereocenters. The van der Waals surface area contributed by atoms with Crippen LogP contribution in [0.25, 0.3) is 0 Å². The van der Waals surface area contributed by atoms with Crippen LogP contribution in [-0.4, -0.2) is 26.2 Å². The van der Waals surface area contributed by atoms with Crippen LogP contribution < -0.4 is 4.74 Å². The number of halogens is 2. The molecule has 0 amide bonds. The van der Waals surface area contributed by atoms with E-state index in [0.717, 1.165) is 6.20 Å². The molecule has 118 valence electrons. The number of hydrogen-bond acceptors (Lipinski definition) is 5. The van der Waals surface area contributed by atoms with Gasteiger partial charge in [-0.3, -0.25) is 0 Å². The van der Waals surface area contributed by atoms with Crippen LogP contribution in [0, 0.1) is 17.0 Å². The smallest absolute Gasteiger partial charge is 0.387 e. The summed E-state index contributed by atoms with van der Waals surface area (Å²) in [6.07, 6.45) is 0.0638. The monoisotopic (exact) mass is 313 g/mol. The predicted molar refractivity (Wildman–Crippen MR) is 71.7 cm³/mol. The Hall–Kier alpha value is -2.55. The maximum Gasteiger partial charge on any atom is 0.387 e. The molecule has 7 nitrogen and oxygen atoms in total. The zero-order valence-corrected chi connectivity index (χ0v) is 11.5. The molecule has 9 heteroatoms. The fourth-order valence-electron chi connectivity index (χ4n) is 1.98. The van der Waals surface area contributed by atoms with Crippen LogP contribution in [-0.2, 0) is 6.54 Å². The van der Waals surface area contributed by atoms with Crippen molar-refractivity contribution in [1.82, 2.24) is 9.55 Å². The van der Waals surface area contributed by atoms with Crippen molar-refractivity contribution in [2.24, 2.45) is 0 Å². The molecule has 1 heterocycles. The van der Waals surface area contributed by atoms with Gasteiger partial charge in [0, 0.05) is 6.92 Å². The van der Waals surface area contributed by atoms with Crippen molar-refractivity contribution >= 4 is 5.82 Å². The van der Waals surface area contributed by atoms with Gasteiger partial charge < -0.3 is 20.0 Å². The van der Waals surface area contributed by atoms with Crippen LogP contribution in [0.1, 0.15) is 17.5 Å². The lowest BCUT2D eigenvalue weighted by Crippen LogP contribution is -2.12. The van der Waals surface area contributed by atoms with E-state index in [2.05, 4.69) is 9.72 Å². The number of rotatable bonds is 6. The summed E-state index contributed by atoms with van der Waals surface area (Å²) < 4.78 is 29.6. The number of aliphatic hydroxyl groups is 1.